The molecule has 0 fully saturated rings. The Labute approximate surface area is 72.6 Å². The van der Waals surface area contributed by atoms with Crippen molar-refractivity contribution in [2.75, 3.05) is 0 Å². The Morgan fingerprint density at radius 1 is 1.46 bits per heavy atom. The number of carbonyl (C=O) groups is 1. The third kappa shape index (κ3) is 1.41. The molecular weight excluding hydrogens is 172 g/mol. The van der Waals surface area contributed by atoms with Crippen LogP contribution >= 0.6 is 0 Å². The summed E-state index contributed by atoms with van der Waals surface area (Å²) in [5, 5.41) is 3.40. The average Bonchev–Trinajstić information content (AvgIpc) is 2.67. The van der Waals surface area contributed by atoms with Crippen LogP contribution in [-0.2, 0) is 0 Å². The number of carbonyl (C=O) groups excluding carboxylic acids is 1. The lowest BCUT2D eigenvalue weighted by Crippen LogP contribution is -1.85. The maximum Gasteiger partial charge on any atom is 0.277 e. The zero-order chi connectivity index (χ0) is 9.10. The molecule has 6 nitrogen and oxygen atoms in total. The highest BCUT2D eigenvalue weighted by Gasteiger charge is 2.07. The van der Waals surface area contributed by atoms with E-state index >= 15 is 0 Å². The predicted octanol–water partition coefficient (Wildman–Crippen LogP) is 0.339. The largest absolute Gasteiger partial charge is 0.332 e. The van der Waals surface area contributed by atoms with E-state index in [2.05, 4.69) is 20.1 Å². The molecule has 0 spiro atoms. The molecule has 2 rings (SSSR count). The van der Waals surface area contributed by atoms with Crippen LogP contribution in [0.2, 0.25) is 0 Å². The second-order valence-corrected chi connectivity index (χ2v) is 2.17. The van der Waals surface area contributed by atoms with E-state index in [1.807, 2.05) is 0 Å². The van der Waals surface area contributed by atoms with Gasteiger partial charge in [0.2, 0.25) is 5.82 Å². The van der Waals surface area contributed by atoms with E-state index in [9.17, 15) is 4.79 Å². The van der Waals surface area contributed by atoms with Gasteiger partial charge in [0.05, 0.1) is 0 Å². The average molecular weight is 176 g/mol. The van der Waals surface area contributed by atoms with Gasteiger partial charge in [0.1, 0.15) is 12.0 Å². The van der Waals surface area contributed by atoms with E-state index in [1.54, 1.807) is 12.3 Å². The summed E-state index contributed by atoms with van der Waals surface area (Å²) in [6, 6.07) is 1.61. The molecule has 2 aromatic rings. The van der Waals surface area contributed by atoms with Crippen molar-refractivity contribution in [2.45, 2.75) is 0 Å². The molecule has 0 atom stereocenters. The zero-order valence-corrected chi connectivity index (χ0v) is 6.41. The molecule has 6 heteroatoms. The lowest BCUT2D eigenvalue weighted by atomic mass is 10.4. The molecule has 0 aliphatic carbocycles. The van der Waals surface area contributed by atoms with Crippen molar-refractivity contribution in [2.24, 2.45) is 0 Å². The van der Waals surface area contributed by atoms with Crippen LogP contribution in [-0.4, -0.2) is 26.4 Å². The zero-order valence-electron chi connectivity index (χ0n) is 6.41. The molecule has 0 N–H and O–H groups in total. The van der Waals surface area contributed by atoms with E-state index in [4.69, 9.17) is 4.52 Å². The van der Waals surface area contributed by atoms with Crippen molar-refractivity contribution >= 4 is 6.29 Å². The second kappa shape index (κ2) is 3.10. The summed E-state index contributed by atoms with van der Waals surface area (Å²) in [5.41, 5.74) is 0.496. The molecule has 0 aromatic carbocycles. The van der Waals surface area contributed by atoms with Gasteiger partial charge in [0.15, 0.2) is 6.29 Å². The molecule has 0 saturated carbocycles. The maximum absolute atomic E-state index is 10.2. The summed E-state index contributed by atoms with van der Waals surface area (Å²) in [5.74, 6) is 0.220. The Hall–Kier alpha value is -2.11. The third-order valence-corrected chi connectivity index (χ3v) is 1.35. The number of nitrogens with zero attached hydrogens (tertiary/aromatic N) is 4. The second-order valence-electron chi connectivity index (χ2n) is 2.17. The number of hydrogen-bond donors (Lipinski definition) is 0. The fraction of sp³-hybridized carbons (Fsp3) is 0. The van der Waals surface area contributed by atoms with E-state index < -0.39 is 0 Å². The lowest BCUT2D eigenvalue weighted by molar-refractivity contribution is 0.111. The lowest BCUT2D eigenvalue weighted by Gasteiger charge is -1.88. The van der Waals surface area contributed by atoms with Gasteiger partial charge < -0.3 is 4.52 Å². The molecule has 0 bridgehead atoms. The smallest absolute Gasteiger partial charge is 0.277 e. The molecule has 0 saturated heterocycles. The first kappa shape index (κ1) is 7.53. The molecule has 0 amide bonds. The van der Waals surface area contributed by atoms with Crippen molar-refractivity contribution in [3.63, 3.8) is 0 Å². The summed E-state index contributed by atoms with van der Waals surface area (Å²) in [6.07, 6.45) is 3.42. The van der Waals surface area contributed by atoms with Crippen molar-refractivity contribution in [1.82, 2.24) is 20.1 Å². The summed E-state index contributed by atoms with van der Waals surface area (Å²) in [6.45, 7) is 0. The van der Waals surface area contributed by atoms with Gasteiger partial charge in [-0.25, -0.2) is 9.97 Å². The topological polar surface area (TPSA) is 81.8 Å². The van der Waals surface area contributed by atoms with Gasteiger partial charge in [0.25, 0.3) is 5.89 Å². The van der Waals surface area contributed by atoms with Gasteiger partial charge in [-0.3, -0.25) is 4.79 Å². The molecule has 64 valence electrons. The number of aldehydes is 1. The standard InChI is InChI=1S/C7H4N4O2/c12-3-6-10-7(13-11-6)5-1-2-8-4-9-5/h1-4H. The number of aromatic nitrogens is 4. The first-order valence-corrected chi connectivity index (χ1v) is 3.45. The van der Waals surface area contributed by atoms with E-state index in [0.717, 1.165) is 0 Å². The molecule has 0 aliphatic rings. The summed E-state index contributed by atoms with van der Waals surface area (Å²) in [4.78, 5) is 21.6. The van der Waals surface area contributed by atoms with Crippen LogP contribution in [0.1, 0.15) is 10.6 Å². The maximum atomic E-state index is 10.2. The van der Waals surface area contributed by atoms with E-state index in [1.165, 1.54) is 6.33 Å². The molecular formula is C7H4N4O2. The van der Waals surface area contributed by atoms with Crippen LogP contribution < -0.4 is 0 Å². The van der Waals surface area contributed by atoms with Crippen molar-refractivity contribution in [3.05, 3.63) is 24.4 Å². The Bertz CT molecular complexity index is 411. The van der Waals surface area contributed by atoms with Gasteiger partial charge in [-0.05, 0) is 6.07 Å². The van der Waals surface area contributed by atoms with Gasteiger partial charge in [-0.1, -0.05) is 5.16 Å². The summed E-state index contributed by atoms with van der Waals surface area (Å²) < 4.78 is 4.76. The Morgan fingerprint density at radius 2 is 2.38 bits per heavy atom. The minimum Gasteiger partial charge on any atom is -0.332 e. The first-order chi connectivity index (χ1) is 6.40. The fourth-order valence-corrected chi connectivity index (χ4v) is 0.804. The van der Waals surface area contributed by atoms with Crippen LogP contribution in [0, 0.1) is 0 Å². The number of hydrogen-bond acceptors (Lipinski definition) is 6. The van der Waals surface area contributed by atoms with Crippen LogP contribution in [0.15, 0.2) is 23.1 Å². The van der Waals surface area contributed by atoms with Gasteiger partial charge in [0, 0.05) is 6.20 Å². The quantitative estimate of drug-likeness (QED) is 0.613. The first-order valence-electron chi connectivity index (χ1n) is 3.45. The highest BCUT2D eigenvalue weighted by molar-refractivity contribution is 5.69. The SMILES string of the molecule is O=Cc1noc(-c2ccncn2)n1. The molecule has 2 aromatic heterocycles. The highest BCUT2D eigenvalue weighted by atomic mass is 16.5. The van der Waals surface area contributed by atoms with E-state index in [-0.39, 0.29) is 11.7 Å². The normalized spacial score (nSPS) is 9.85. The molecule has 2 heterocycles. The van der Waals surface area contributed by atoms with Crippen LogP contribution in [0.3, 0.4) is 0 Å². The Balaban J connectivity index is 2.41. The van der Waals surface area contributed by atoms with Crippen LogP contribution in [0.4, 0.5) is 0 Å². The van der Waals surface area contributed by atoms with Crippen LogP contribution in [0.5, 0.6) is 0 Å². The van der Waals surface area contributed by atoms with Crippen LogP contribution in [0.25, 0.3) is 11.6 Å². The molecule has 0 aliphatic heterocycles. The Kier molecular flexibility index (Phi) is 1.79. The molecule has 13 heavy (non-hydrogen) atoms. The molecule has 0 radical (unpaired) electrons. The minimum atomic E-state index is 0.00797. The highest BCUT2D eigenvalue weighted by Crippen LogP contribution is 2.11. The third-order valence-electron chi connectivity index (χ3n) is 1.35. The molecule has 0 unspecified atom stereocenters. The van der Waals surface area contributed by atoms with Gasteiger partial charge in [-0.2, -0.15) is 4.98 Å². The van der Waals surface area contributed by atoms with Crippen molar-refractivity contribution < 1.29 is 9.32 Å². The predicted molar refractivity (Wildman–Crippen MR) is 40.7 cm³/mol. The Morgan fingerprint density at radius 3 is 3.00 bits per heavy atom. The minimum absolute atomic E-state index is 0.00797. The monoisotopic (exact) mass is 176 g/mol. The van der Waals surface area contributed by atoms with Crippen molar-refractivity contribution in [1.29, 1.82) is 0 Å². The van der Waals surface area contributed by atoms with Gasteiger partial charge in [-0.15, -0.1) is 0 Å². The van der Waals surface area contributed by atoms with E-state index in [0.29, 0.717) is 12.0 Å². The fourth-order valence-electron chi connectivity index (χ4n) is 0.804. The summed E-state index contributed by atoms with van der Waals surface area (Å²) in [7, 11) is 0. The summed E-state index contributed by atoms with van der Waals surface area (Å²) >= 11 is 0. The van der Waals surface area contributed by atoms with Gasteiger partial charge >= 0.3 is 0 Å². The van der Waals surface area contributed by atoms with Crippen molar-refractivity contribution in [3.8, 4) is 11.6 Å². The number of rotatable bonds is 2.